The van der Waals surface area contributed by atoms with Crippen molar-refractivity contribution in [1.29, 1.82) is 0 Å². The topological polar surface area (TPSA) is 98.7 Å². The lowest BCUT2D eigenvalue weighted by Crippen LogP contribution is -2.48. The van der Waals surface area contributed by atoms with Gasteiger partial charge in [-0.15, -0.1) is 0 Å². The molecule has 0 aromatic rings. The number of likely N-dealkylation sites (N-methyl/N-ethyl adjacent to an activating group) is 1. The van der Waals surface area contributed by atoms with E-state index in [-0.39, 0.29) is 6.42 Å². The van der Waals surface area contributed by atoms with Crippen LogP contribution in [0.15, 0.2) is 0 Å². The fourth-order valence-corrected chi connectivity index (χ4v) is 1.15. The van der Waals surface area contributed by atoms with Crippen molar-refractivity contribution in [3.63, 3.8) is 0 Å². The zero-order chi connectivity index (χ0) is 13.4. The SMILES string of the molecule is CNC(=O)NC(=O)C(C)N(C)CCCC(=O)O. The largest absolute Gasteiger partial charge is 0.481 e. The fraction of sp³-hybridized carbons (Fsp3) is 0.700. The quantitative estimate of drug-likeness (QED) is 0.593. The number of carboxylic acid groups (broad SMARTS) is 1. The summed E-state index contributed by atoms with van der Waals surface area (Å²) in [6.07, 6.45) is 0.525. The van der Waals surface area contributed by atoms with Gasteiger partial charge in [0.2, 0.25) is 5.91 Å². The number of hydrogen-bond donors (Lipinski definition) is 3. The maximum Gasteiger partial charge on any atom is 0.321 e. The Labute approximate surface area is 100 Å². The lowest BCUT2D eigenvalue weighted by Gasteiger charge is -2.22. The highest BCUT2D eigenvalue weighted by atomic mass is 16.4. The first-order valence-corrected chi connectivity index (χ1v) is 5.33. The van der Waals surface area contributed by atoms with Gasteiger partial charge in [0.25, 0.3) is 0 Å². The Morgan fingerprint density at radius 1 is 1.35 bits per heavy atom. The van der Waals surface area contributed by atoms with E-state index in [9.17, 15) is 14.4 Å². The summed E-state index contributed by atoms with van der Waals surface area (Å²) in [5.41, 5.74) is 0. The molecule has 0 fully saturated rings. The van der Waals surface area contributed by atoms with E-state index in [0.717, 1.165) is 0 Å². The molecule has 7 nitrogen and oxygen atoms in total. The number of hydrogen-bond acceptors (Lipinski definition) is 4. The first-order chi connectivity index (χ1) is 7.88. The molecule has 0 rings (SSSR count). The Hall–Kier alpha value is -1.63. The van der Waals surface area contributed by atoms with Crippen LogP contribution in [0.25, 0.3) is 0 Å². The van der Waals surface area contributed by atoms with Crippen molar-refractivity contribution in [3.05, 3.63) is 0 Å². The van der Waals surface area contributed by atoms with Gasteiger partial charge in [-0.2, -0.15) is 0 Å². The van der Waals surface area contributed by atoms with Crippen LogP contribution in [0.5, 0.6) is 0 Å². The molecule has 17 heavy (non-hydrogen) atoms. The van der Waals surface area contributed by atoms with Crippen LogP contribution in [0.3, 0.4) is 0 Å². The maximum absolute atomic E-state index is 11.5. The number of rotatable bonds is 6. The van der Waals surface area contributed by atoms with Gasteiger partial charge in [0.05, 0.1) is 6.04 Å². The van der Waals surface area contributed by atoms with Crippen LogP contribution in [0.1, 0.15) is 19.8 Å². The van der Waals surface area contributed by atoms with Crippen LogP contribution in [0, 0.1) is 0 Å². The summed E-state index contributed by atoms with van der Waals surface area (Å²) >= 11 is 0. The van der Waals surface area contributed by atoms with Crippen molar-refractivity contribution in [1.82, 2.24) is 15.5 Å². The molecule has 0 bridgehead atoms. The van der Waals surface area contributed by atoms with Gasteiger partial charge in [-0.05, 0) is 26.9 Å². The standard InChI is InChI=1S/C10H19N3O4/c1-7(9(16)12-10(17)11-2)13(3)6-4-5-8(14)15/h7H,4-6H2,1-3H3,(H,14,15)(H2,11,12,16,17). The number of nitrogens with one attached hydrogen (secondary N) is 2. The molecular weight excluding hydrogens is 226 g/mol. The van der Waals surface area contributed by atoms with Gasteiger partial charge in [0.1, 0.15) is 0 Å². The number of amides is 3. The van der Waals surface area contributed by atoms with Gasteiger partial charge in [0.15, 0.2) is 0 Å². The summed E-state index contributed by atoms with van der Waals surface area (Å²) in [5, 5.41) is 12.9. The zero-order valence-corrected chi connectivity index (χ0v) is 10.3. The van der Waals surface area contributed by atoms with Gasteiger partial charge in [-0.1, -0.05) is 0 Å². The van der Waals surface area contributed by atoms with Gasteiger partial charge in [-0.3, -0.25) is 19.8 Å². The number of carbonyl (C=O) groups excluding carboxylic acids is 2. The third-order valence-electron chi connectivity index (χ3n) is 2.41. The molecule has 0 aromatic heterocycles. The van der Waals surface area contributed by atoms with Crippen molar-refractivity contribution in [2.24, 2.45) is 0 Å². The van der Waals surface area contributed by atoms with Crippen LogP contribution >= 0.6 is 0 Å². The second-order valence-corrected chi connectivity index (χ2v) is 3.72. The Morgan fingerprint density at radius 3 is 2.41 bits per heavy atom. The Bertz CT molecular complexity index is 293. The maximum atomic E-state index is 11.5. The van der Waals surface area contributed by atoms with Crippen LogP contribution in [0.4, 0.5) is 4.79 Å². The summed E-state index contributed by atoms with van der Waals surface area (Å²) in [4.78, 5) is 34.4. The lowest BCUT2D eigenvalue weighted by molar-refractivity contribution is -0.137. The van der Waals surface area contributed by atoms with Gasteiger partial charge in [0, 0.05) is 13.5 Å². The summed E-state index contributed by atoms with van der Waals surface area (Å²) in [5.74, 6) is -1.27. The normalized spacial score (nSPS) is 12.0. The predicted octanol–water partition coefficient (Wildman–Crippen LogP) is -0.373. The molecule has 1 atom stereocenters. The molecule has 0 aliphatic carbocycles. The smallest absolute Gasteiger partial charge is 0.321 e. The monoisotopic (exact) mass is 245 g/mol. The third-order valence-corrected chi connectivity index (χ3v) is 2.41. The molecule has 3 amide bonds. The lowest BCUT2D eigenvalue weighted by atomic mass is 10.2. The van der Waals surface area contributed by atoms with Crippen molar-refractivity contribution >= 4 is 17.9 Å². The number of carboxylic acids is 1. The van der Waals surface area contributed by atoms with Gasteiger partial charge in [-0.25, -0.2) is 4.79 Å². The third kappa shape index (κ3) is 6.52. The molecule has 0 spiro atoms. The highest BCUT2D eigenvalue weighted by Gasteiger charge is 2.19. The van der Waals surface area contributed by atoms with Gasteiger partial charge < -0.3 is 10.4 Å². The van der Waals surface area contributed by atoms with Crippen LogP contribution in [-0.2, 0) is 9.59 Å². The molecule has 0 saturated carbocycles. The number of aliphatic carboxylic acids is 1. The second-order valence-electron chi connectivity index (χ2n) is 3.72. The second kappa shape index (κ2) is 7.61. The van der Waals surface area contributed by atoms with Crippen molar-refractivity contribution in [3.8, 4) is 0 Å². The van der Waals surface area contributed by atoms with E-state index in [2.05, 4.69) is 10.6 Å². The number of urea groups is 1. The Balaban J connectivity index is 4.02. The minimum absolute atomic E-state index is 0.0636. The summed E-state index contributed by atoms with van der Waals surface area (Å²) in [7, 11) is 3.12. The number of carbonyl (C=O) groups is 3. The van der Waals surface area contributed by atoms with Crippen LogP contribution < -0.4 is 10.6 Å². The number of imide groups is 1. The van der Waals surface area contributed by atoms with E-state index >= 15 is 0 Å². The molecular formula is C10H19N3O4. The average Bonchev–Trinajstić information content (AvgIpc) is 2.26. The van der Waals surface area contributed by atoms with E-state index in [0.29, 0.717) is 13.0 Å². The van der Waals surface area contributed by atoms with E-state index in [1.807, 2.05) is 0 Å². The molecule has 7 heteroatoms. The molecule has 0 radical (unpaired) electrons. The zero-order valence-electron chi connectivity index (χ0n) is 10.3. The molecule has 0 aliphatic heterocycles. The highest BCUT2D eigenvalue weighted by molar-refractivity contribution is 5.96. The minimum Gasteiger partial charge on any atom is -0.481 e. The minimum atomic E-state index is -0.860. The van der Waals surface area contributed by atoms with E-state index in [1.54, 1.807) is 18.9 Å². The van der Waals surface area contributed by atoms with Crippen molar-refractivity contribution in [2.45, 2.75) is 25.8 Å². The van der Waals surface area contributed by atoms with E-state index in [4.69, 9.17) is 5.11 Å². The van der Waals surface area contributed by atoms with E-state index in [1.165, 1.54) is 7.05 Å². The molecule has 0 saturated heterocycles. The van der Waals surface area contributed by atoms with E-state index < -0.39 is 23.9 Å². The van der Waals surface area contributed by atoms with Crippen molar-refractivity contribution in [2.75, 3.05) is 20.6 Å². The molecule has 98 valence electrons. The Morgan fingerprint density at radius 2 is 1.94 bits per heavy atom. The van der Waals surface area contributed by atoms with Crippen LogP contribution in [-0.4, -0.2) is 54.6 Å². The highest BCUT2D eigenvalue weighted by Crippen LogP contribution is 1.99. The number of nitrogens with zero attached hydrogens (tertiary/aromatic N) is 1. The first kappa shape index (κ1) is 15.4. The summed E-state index contributed by atoms with van der Waals surface area (Å²) in [6.45, 7) is 2.13. The molecule has 0 aromatic carbocycles. The molecule has 3 N–H and O–H groups in total. The van der Waals surface area contributed by atoms with Gasteiger partial charge >= 0.3 is 12.0 Å². The van der Waals surface area contributed by atoms with Crippen LogP contribution in [0.2, 0.25) is 0 Å². The fourth-order valence-electron chi connectivity index (χ4n) is 1.15. The molecule has 0 aliphatic rings. The summed E-state index contributed by atoms with van der Waals surface area (Å²) in [6, 6.07) is -1.04. The molecule has 1 unspecified atom stereocenters. The Kier molecular flexibility index (Phi) is 6.88. The van der Waals surface area contributed by atoms with Crippen molar-refractivity contribution < 1.29 is 19.5 Å². The first-order valence-electron chi connectivity index (χ1n) is 5.33. The average molecular weight is 245 g/mol. The molecule has 0 heterocycles. The predicted molar refractivity (Wildman–Crippen MR) is 61.6 cm³/mol. The summed E-state index contributed by atoms with van der Waals surface area (Å²) < 4.78 is 0.